The standard InChI is InChI=1S/C11H12BrClN2/c1-2-3-7-10(15-14)8-5-4-6-9(12)11(8)13/h4-6,10,15H,7,14H2,1H3. The Labute approximate surface area is 103 Å². The van der Waals surface area contributed by atoms with E-state index in [4.69, 9.17) is 17.4 Å². The van der Waals surface area contributed by atoms with Gasteiger partial charge in [-0.15, -0.1) is 11.8 Å². The van der Waals surface area contributed by atoms with E-state index in [1.807, 2.05) is 18.2 Å². The molecule has 1 atom stereocenters. The maximum absolute atomic E-state index is 6.16. The number of benzene rings is 1. The molecule has 0 fully saturated rings. The maximum Gasteiger partial charge on any atom is 0.0596 e. The van der Waals surface area contributed by atoms with E-state index in [-0.39, 0.29) is 6.04 Å². The van der Waals surface area contributed by atoms with Gasteiger partial charge in [0, 0.05) is 10.9 Å². The van der Waals surface area contributed by atoms with E-state index in [2.05, 4.69) is 33.2 Å². The summed E-state index contributed by atoms with van der Waals surface area (Å²) in [6.07, 6.45) is 0.642. The van der Waals surface area contributed by atoms with Gasteiger partial charge in [0.25, 0.3) is 0 Å². The van der Waals surface area contributed by atoms with Gasteiger partial charge in [-0.25, -0.2) is 0 Å². The van der Waals surface area contributed by atoms with Gasteiger partial charge in [-0.2, -0.15) is 0 Å². The second kappa shape index (κ2) is 6.14. The Kier molecular flexibility index (Phi) is 5.13. The molecule has 0 spiro atoms. The summed E-state index contributed by atoms with van der Waals surface area (Å²) in [4.78, 5) is 0. The number of nitrogens with two attached hydrogens (primary N) is 1. The van der Waals surface area contributed by atoms with Gasteiger partial charge < -0.3 is 0 Å². The minimum atomic E-state index is -0.0394. The van der Waals surface area contributed by atoms with Crippen LogP contribution >= 0.6 is 27.5 Å². The van der Waals surface area contributed by atoms with Gasteiger partial charge in [0.2, 0.25) is 0 Å². The van der Waals surface area contributed by atoms with E-state index in [0.717, 1.165) is 10.0 Å². The lowest BCUT2D eigenvalue weighted by molar-refractivity contribution is 0.568. The molecule has 1 aromatic carbocycles. The van der Waals surface area contributed by atoms with Gasteiger partial charge in [0.15, 0.2) is 0 Å². The molecule has 1 rings (SSSR count). The van der Waals surface area contributed by atoms with Crippen LogP contribution in [0.25, 0.3) is 0 Å². The Hall–Kier alpha value is -0.530. The van der Waals surface area contributed by atoms with Crippen molar-refractivity contribution in [3.8, 4) is 11.8 Å². The topological polar surface area (TPSA) is 38.0 Å². The number of hydrogen-bond donors (Lipinski definition) is 2. The summed E-state index contributed by atoms with van der Waals surface area (Å²) < 4.78 is 0.867. The lowest BCUT2D eigenvalue weighted by atomic mass is 10.0. The monoisotopic (exact) mass is 286 g/mol. The van der Waals surface area contributed by atoms with E-state index in [9.17, 15) is 0 Å². The van der Waals surface area contributed by atoms with Crippen LogP contribution in [0.4, 0.5) is 0 Å². The van der Waals surface area contributed by atoms with Crippen LogP contribution in [0.2, 0.25) is 5.02 Å². The number of hydrazine groups is 1. The Bertz CT molecular complexity index is 395. The van der Waals surface area contributed by atoms with Gasteiger partial charge in [0.05, 0.1) is 11.1 Å². The molecule has 0 amide bonds. The van der Waals surface area contributed by atoms with Crippen LogP contribution in [0.1, 0.15) is 24.9 Å². The molecule has 4 heteroatoms. The van der Waals surface area contributed by atoms with Crippen molar-refractivity contribution in [2.24, 2.45) is 5.84 Å². The van der Waals surface area contributed by atoms with Crippen molar-refractivity contribution in [3.63, 3.8) is 0 Å². The second-order valence-corrected chi connectivity index (χ2v) is 4.23. The highest BCUT2D eigenvalue weighted by Crippen LogP contribution is 2.30. The third-order valence-corrected chi connectivity index (χ3v) is 3.35. The molecule has 0 aromatic heterocycles. The molecule has 80 valence electrons. The lowest BCUT2D eigenvalue weighted by Gasteiger charge is -2.15. The third-order valence-electron chi connectivity index (χ3n) is 2.04. The summed E-state index contributed by atoms with van der Waals surface area (Å²) >= 11 is 9.53. The molecule has 1 unspecified atom stereocenters. The zero-order valence-electron chi connectivity index (χ0n) is 8.35. The van der Waals surface area contributed by atoms with Crippen LogP contribution in [-0.4, -0.2) is 0 Å². The molecule has 0 aliphatic rings. The first-order chi connectivity index (χ1) is 7.20. The van der Waals surface area contributed by atoms with Gasteiger partial charge >= 0.3 is 0 Å². The molecule has 1 aromatic rings. The Morgan fingerprint density at radius 2 is 2.33 bits per heavy atom. The fourth-order valence-electron chi connectivity index (χ4n) is 1.25. The van der Waals surface area contributed by atoms with Crippen molar-refractivity contribution in [2.75, 3.05) is 0 Å². The highest BCUT2D eigenvalue weighted by molar-refractivity contribution is 9.10. The number of hydrogen-bond acceptors (Lipinski definition) is 2. The first kappa shape index (κ1) is 12.5. The van der Waals surface area contributed by atoms with Crippen LogP contribution in [0.5, 0.6) is 0 Å². The quantitative estimate of drug-likeness (QED) is 0.509. The fourth-order valence-corrected chi connectivity index (χ4v) is 1.89. The van der Waals surface area contributed by atoms with Crippen LogP contribution in [0, 0.1) is 11.8 Å². The number of rotatable bonds is 3. The predicted molar refractivity (Wildman–Crippen MR) is 67.3 cm³/mol. The summed E-state index contributed by atoms with van der Waals surface area (Å²) in [5.41, 5.74) is 3.67. The van der Waals surface area contributed by atoms with Crippen LogP contribution in [-0.2, 0) is 0 Å². The largest absolute Gasteiger partial charge is 0.271 e. The van der Waals surface area contributed by atoms with Crippen molar-refractivity contribution in [1.29, 1.82) is 0 Å². The smallest absolute Gasteiger partial charge is 0.0596 e. The Morgan fingerprint density at radius 1 is 1.60 bits per heavy atom. The minimum Gasteiger partial charge on any atom is -0.271 e. The normalized spacial score (nSPS) is 11.7. The number of nitrogens with one attached hydrogen (secondary N) is 1. The van der Waals surface area contributed by atoms with E-state index >= 15 is 0 Å². The van der Waals surface area contributed by atoms with E-state index < -0.39 is 0 Å². The maximum atomic E-state index is 6.16. The molecular formula is C11H12BrClN2. The highest BCUT2D eigenvalue weighted by atomic mass is 79.9. The highest BCUT2D eigenvalue weighted by Gasteiger charge is 2.13. The van der Waals surface area contributed by atoms with Crippen molar-refractivity contribution >= 4 is 27.5 Å². The molecule has 0 bridgehead atoms. The average molecular weight is 288 g/mol. The third kappa shape index (κ3) is 3.22. The molecule has 0 aliphatic carbocycles. The summed E-state index contributed by atoms with van der Waals surface area (Å²) in [7, 11) is 0. The molecule has 2 nitrogen and oxygen atoms in total. The number of halogens is 2. The minimum absolute atomic E-state index is 0.0394. The molecule has 0 saturated carbocycles. The van der Waals surface area contributed by atoms with Crippen molar-refractivity contribution < 1.29 is 0 Å². The Balaban J connectivity index is 2.99. The molecular weight excluding hydrogens is 275 g/mol. The van der Waals surface area contributed by atoms with Gasteiger partial charge in [-0.05, 0) is 34.5 Å². The summed E-state index contributed by atoms with van der Waals surface area (Å²) in [5.74, 6) is 11.3. The van der Waals surface area contributed by atoms with Crippen LogP contribution in [0.3, 0.4) is 0 Å². The van der Waals surface area contributed by atoms with Gasteiger partial charge in [0.1, 0.15) is 0 Å². The van der Waals surface area contributed by atoms with E-state index in [1.54, 1.807) is 6.92 Å². The van der Waals surface area contributed by atoms with Gasteiger partial charge in [-0.3, -0.25) is 11.3 Å². The van der Waals surface area contributed by atoms with E-state index in [0.29, 0.717) is 11.4 Å². The summed E-state index contributed by atoms with van der Waals surface area (Å²) in [6, 6.07) is 5.72. The fraction of sp³-hybridized carbons (Fsp3) is 0.273. The van der Waals surface area contributed by atoms with Crippen LogP contribution < -0.4 is 11.3 Å². The molecule has 15 heavy (non-hydrogen) atoms. The second-order valence-electron chi connectivity index (χ2n) is 2.99. The van der Waals surface area contributed by atoms with E-state index in [1.165, 1.54) is 0 Å². The summed E-state index contributed by atoms with van der Waals surface area (Å²) in [6.45, 7) is 1.80. The molecule has 0 saturated heterocycles. The first-order valence-electron chi connectivity index (χ1n) is 4.50. The van der Waals surface area contributed by atoms with Crippen molar-refractivity contribution in [3.05, 3.63) is 33.3 Å². The molecule has 0 radical (unpaired) electrons. The van der Waals surface area contributed by atoms with Crippen LogP contribution in [0.15, 0.2) is 22.7 Å². The zero-order valence-corrected chi connectivity index (χ0v) is 10.7. The lowest BCUT2D eigenvalue weighted by Crippen LogP contribution is -2.27. The first-order valence-corrected chi connectivity index (χ1v) is 5.67. The van der Waals surface area contributed by atoms with Crippen molar-refractivity contribution in [1.82, 2.24) is 5.43 Å². The average Bonchev–Trinajstić information content (AvgIpc) is 2.25. The molecule has 0 aliphatic heterocycles. The SMILES string of the molecule is CC#CCC(NN)c1cccc(Br)c1Cl. The van der Waals surface area contributed by atoms with Crippen molar-refractivity contribution in [2.45, 2.75) is 19.4 Å². The predicted octanol–water partition coefficient (Wildman–Crippen LogP) is 3.02. The summed E-state index contributed by atoms with van der Waals surface area (Å²) in [5, 5.41) is 0.679. The molecule has 3 N–H and O–H groups in total. The zero-order chi connectivity index (χ0) is 11.3. The Morgan fingerprint density at radius 3 is 2.93 bits per heavy atom. The van der Waals surface area contributed by atoms with Gasteiger partial charge in [-0.1, -0.05) is 23.7 Å². The molecule has 0 heterocycles.